The lowest BCUT2D eigenvalue weighted by Crippen LogP contribution is -2.45. The molecule has 1 aliphatic rings. The quantitative estimate of drug-likeness (QED) is 0.496. The molecule has 3 N–H and O–H groups in total. The Balaban J connectivity index is 2.36. The van der Waals surface area contributed by atoms with E-state index in [1.165, 1.54) is 4.90 Å². The Bertz CT molecular complexity index is 348. The van der Waals surface area contributed by atoms with Crippen LogP contribution in [0.15, 0.2) is 0 Å². The molecule has 1 saturated heterocycles. The normalized spacial score (nSPS) is 19.6. The molecule has 18 heavy (non-hydrogen) atoms. The van der Waals surface area contributed by atoms with Crippen molar-refractivity contribution in [2.45, 2.75) is 6.42 Å². The van der Waals surface area contributed by atoms with Crippen molar-refractivity contribution in [3.63, 3.8) is 0 Å². The molecule has 6 nitrogen and oxygen atoms in total. The van der Waals surface area contributed by atoms with Gasteiger partial charge in [-0.2, -0.15) is 0 Å². The van der Waals surface area contributed by atoms with Crippen LogP contribution < -0.4 is 11.1 Å². The van der Waals surface area contributed by atoms with E-state index in [-0.39, 0.29) is 11.5 Å². The second-order valence-electron chi connectivity index (χ2n) is 4.75. The molecule has 1 rings (SSSR count). The van der Waals surface area contributed by atoms with Gasteiger partial charge in [-0.1, -0.05) is 12.2 Å². The summed E-state index contributed by atoms with van der Waals surface area (Å²) in [4.78, 5) is 27.1. The Morgan fingerprint density at radius 2 is 2.22 bits per heavy atom. The number of nitrogens with one attached hydrogen (secondary N) is 1. The number of rotatable bonds is 4. The second kappa shape index (κ2) is 6.65. The molecule has 0 radical (unpaired) electrons. The molecule has 0 aromatic rings. The van der Waals surface area contributed by atoms with E-state index in [1.54, 1.807) is 7.05 Å². The van der Waals surface area contributed by atoms with Gasteiger partial charge in [0, 0.05) is 20.1 Å². The molecule has 0 aromatic heterocycles. The molecule has 0 saturated carbocycles. The van der Waals surface area contributed by atoms with Crippen LogP contribution in [-0.4, -0.2) is 66.9 Å². The van der Waals surface area contributed by atoms with Crippen LogP contribution in [-0.2, 0) is 9.59 Å². The summed E-state index contributed by atoms with van der Waals surface area (Å²) in [6, 6.07) is 0. The number of hydrogen-bond donors (Lipinski definition) is 2. The standard InChI is InChI=1S/C11H20N4O2S/c1-14-4-3-8(6-14)7-15(2)11(17)10(16)13-5-9(12)18/h8H,3-7H2,1-2H3,(H2,12,18)(H,13,16). The summed E-state index contributed by atoms with van der Waals surface area (Å²) >= 11 is 4.63. The first-order valence-electron chi connectivity index (χ1n) is 5.90. The highest BCUT2D eigenvalue weighted by Gasteiger charge is 2.25. The first kappa shape index (κ1) is 14.8. The van der Waals surface area contributed by atoms with E-state index in [2.05, 4.69) is 29.5 Å². The number of nitrogens with two attached hydrogens (primary N) is 1. The zero-order valence-corrected chi connectivity index (χ0v) is 11.6. The summed E-state index contributed by atoms with van der Waals surface area (Å²) in [7, 11) is 3.69. The average molecular weight is 272 g/mol. The van der Waals surface area contributed by atoms with E-state index in [0.29, 0.717) is 12.5 Å². The Labute approximate surface area is 112 Å². The van der Waals surface area contributed by atoms with Gasteiger partial charge in [-0.25, -0.2) is 0 Å². The molecule has 2 amide bonds. The summed E-state index contributed by atoms with van der Waals surface area (Å²) in [5, 5.41) is 2.39. The number of hydrogen-bond acceptors (Lipinski definition) is 4. The van der Waals surface area contributed by atoms with Crippen molar-refractivity contribution in [2.24, 2.45) is 11.7 Å². The molecule has 0 spiro atoms. The van der Waals surface area contributed by atoms with E-state index >= 15 is 0 Å². The zero-order valence-electron chi connectivity index (χ0n) is 10.8. The zero-order chi connectivity index (χ0) is 13.7. The number of carbonyl (C=O) groups excluding carboxylic acids is 2. The Morgan fingerprint density at radius 3 is 2.72 bits per heavy atom. The van der Waals surface area contributed by atoms with Gasteiger partial charge in [0.25, 0.3) is 0 Å². The monoisotopic (exact) mass is 272 g/mol. The van der Waals surface area contributed by atoms with Crippen LogP contribution in [0.3, 0.4) is 0 Å². The van der Waals surface area contributed by atoms with Gasteiger partial charge in [0.2, 0.25) is 0 Å². The van der Waals surface area contributed by atoms with E-state index in [4.69, 9.17) is 5.73 Å². The molecule has 1 fully saturated rings. The van der Waals surface area contributed by atoms with Crippen molar-refractivity contribution in [1.29, 1.82) is 0 Å². The predicted octanol–water partition coefficient (Wildman–Crippen LogP) is -1.20. The summed E-state index contributed by atoms with van der Waals surface area (Å²) in [6.45, 7) is 2.66. The summed E-state index contributed by atoms with van der Waals surface area (Å²) in [5.41, 5.74) is 5.25. The first-order chi connectivity index (χ1) is 8.40. The molecule has 1 atom stereocenters. The van der Waals surface area contributed by atoms with Gasteiger partial charge in [0.05, 0.1) is 11.5 Å². The van der Waals surface area contributed by atoms with E-state index in [9.17, 15) is 9.59 Å². The number of nitrogens with zero attached hydrogens (tertiary/aromatic N) is 2. The number of carbonyl (C=O) groups is 2. The van der Waals surface area contributed by atoms with Gasteiger partial charge >= 0.3 is 11.8 Å². The smallest absolute Gasteiger partial charge is 0.311 e. The van der Waals surface area contributed by atoms with Crippen molar-refractivity contribution in [3.8, 4) is 0 Å². The summed E-state index contributed by atoms with van der Waals surface area (Å²) in [6.07, 6.45) is 1.06. The van der Waals surface area contributed by atoms with Crippen molar-refractivity contribution < 1.29 is 9.59 Å². The predicted molar refractivity (Wildman–Crippen MR) is 73.0 cm³/mol. The van der Waals surface area contributed by atoms with Gasteiger partial charge in [-0.15, -0.1) is 0 Å². The Kier molecular flexibility index (Phi) is 5.49. The lowest BCUT2D eigenvalue weighted by atomic mass is 10.1. The lowest BCUT2D eigenvalue weighted by Gasteiger charge is -2.20. The lowest BCUT2D eigenvalue weighted by molar-refractivity contribution is -0.145. The Morgan fingerprint density at radius 1 is 1.56 bits per heavy atom. The largest absolute Gasteiger partial charge is 0.392 e. The highest BCUT2D eigenvalue weighted by atomic mass is 32.1. The number of amides is 2. The van der Waals surface area contributed by atoms with Crippen LogP contribution in [0.2, 0.25) is 0 Å². The number of thiocarbonyl (C=S) groups is 1. The van der Waals surface area contributed by atoms with Crippen molar-refractivity contribution in [1.82, 2.24) is 15.1 Å². The maximum Gasteiger partial charge on any atom is 0.311 e. The molecular weight excluding hydrogens is 252 g/mol. The fraction of sp³-hybridized carbons (Fsp3) is 0.727. The highest BCUT2D eigenvalue weighted by Crippen LogP contribution is 2.14. The van der Waals surface area contributed by atoms with Gasteiger partial charge in [-0.05, 0) is 25.9 Å². The van der Waals surface area contributed by atoms with Crippen LogP contribution in [0.5, 0.6) is 0 Å². The second-order valence-corrected chi connectivity index (χ2v) is 5.28. The van der Waals surface area contributed by atoms with Crippen molar-refractivity contribution in [2.75, 3.05) is 40.3 Å². The third-order valence-electron chi connectivity index (χ3n) is 2.99. The maximum absolute atomic E-state index is 11.7. The summed E-state index contributed by atoms with van der Waals surface area (Å²) in [5.74, 6) is -0.759. The molecule has 102 valence electrons. The van der Waals surface area contributed by atoms with E-state index < -0.39 is 11.8 Å². The van der Waals surface area contributed by atoms with E-state index in [0.717, 1.165) is 19.5 Å². The van der Waals surface area contributed by atoms with Crippen LogP contribution in [0.4, 0.5) is 0 Å². The molecule has 0 aliphatic carbocycles. The third kappa shape index (κ3) is 4.58. The molecule has 7 heteroatoms. The van der Waals surface area contributed by atoms with Crippen LogP contribution in [0.1, 0.15) is 6.42 Å². The van der Waals surface area contributed by atoms with Gasteiger partial charge in [-0.3, -0.25) is 9.59 Å². The topological polar surface area (TPSA) is 78.7 Å². The third-order valence-corrected chi connectivity index (χ3v) is 3.13. The molecule has 0 aromatic carbocycles. The number of likely N-dealkylation sites (tertiary alicyclic amines) is 1. The highest BCUT2D eigenvalue weighted by molar-refractivity contribution is 7.80. The fourth-order valence-corrected chi connectivity index (χ4v) is 2.13. The minimum absolute atomic E-state index is 0.0555. The van der Waals surface area contributed by atoms with E-state index in [1.807, 2.05) is 0 Å². The molecule has 1 aliphatic heterocycles. The fourth-order valence-electron chi connectivity index (χ4n) is 2.06. The molecule has 1 unspecified atom stereocenters. The van der Waals surface area contributed by atoms with Gasteiger partial charge in [0.1, 0.15) is 0 Å². The first-order valence-corrected chi connectivity index (χ1v) is 6.31. The molecular formula is C11H20N4O2S. The van der Waals surface area contributed by atoms with Crippen LogP contribution in [0.25, 0.3) is 0 Å². The number of likely N-dealkylation sites (N-methyl/N-ethyl adjacent to an activating group) is 1. The minimum atomic E-state index is -0.656. The SMILES string of the molecule is CN1CCC(CN(C)C(=O)C(=O)NCC(N)=S)C1. The average Bonchev–Trinajstić information content (AvgIpc) is 2.70. The maximum atomic E-state index is 11.7. The van der Waals surface area contributed by atoms with Gasteiger partial charge in [0.15, 0.2) is 0 Å². The minimum Gasteiger partial charge on any atom is -0.392 e. The summed E-state index contributed by atoms with van der Waals surface area (Å²) < 4.78 is 0. The molecule has 1 heterocycles. The van der Waals surface area contributed by atoms with Crippen molar-refractivity contribution >= 4 is 29.0 Å². The van der Waals surface area contributed by atoms with Crippen LogP contribution >= 0.6 is 12.2 Å². The Hall–Kier alpha value is -1.21. The van der Waals surface area contributed by atoms with Gasteiger partial charge < -0.3 is 20.9 Å². The van der Waals surface area contributed by atoms with Crippen LogP contribution in [0, 0.1) is 5.92 Å². The van der Waals surface area contributed by atoms with Crippen molar-refractivity contribution in [3.05, 3.63) is 0 Å². The molecule has 0 bridgehead atoms.